The average molecular weight is 413 g/mol. The number of carbonyl (C=O) groups is 1. The predicted molar refractivity (Wildman–Crippen MR) is 115 cm³/mol. The van der Waals surface area contributed by atoms with Crippen LogP contribution in [-0.4, -0.2) is 42.7 Å². The van der Waals surface area contributed by atoms with Crippen LogP contribution in [0.15, 0.2) is 66.9 Å². The van der Waals surface area contributed by atoms with Crippen molar-refractivity contribution in [3.8, 4) is 5.75 Å². The molecule has 0 atom stereocenters. The average Bonchev–Trinajstić information content (AvgIpc) is 3.17. The lowest BCUT2D eigenvalue weighted by Crippen LogP contribution is -2.34. The van der Waals surface area contributed by atoms with E-state index in [9.17, 15) is 4.79 Å². The second kappa shape index (κ2) is 10.1. The standard InChI is InChI=1S/C23H25ClN2O3/c1-28-14-13-26(23(27)19-8-10-22(29-2)11-9-19)17-21-7-4-12-25(21)16-18-5-3-6-20(24)15-18/h3-12,15H,13-14,16-17H2,1-2H3. The highest BCUT2D eigenvalue weighted by Crippen LogP contribution is 2.17. The molecule has 0 aliphatic rings. The molecule has 1 aromatic heterocycles. The van der Waals surface area contributed by atoms with Crippen molar-refractivity contribution in [2.45, 2.75) is 13.1 Å². The Hall–Kier alpha value is -2.76. The van der Waals surface area contributed by atoms with Crippen LogP contribution >= 0.6 is 11.6 Å². The first-order valence-electron chi connectivity index (χ1n) is 9.41. The van der Waals surface area contributed by atoms with Crippen LogP contribution in [0.25, 0.3) is 0 Å². The fourth-order valence-electron chi connectivity index (χ4n) is 3.14. The molecule has 152 valence electrons. The second-order valence-corrected chi connectivity index (χ2v) is 7.14. The summed E-state index contributed by atoms with van der Waals surface area (Å²) in [4.78, 5) is 14.9. The van der Waals surface area contributed by atoms with Gasteiger partial charge in [-0.1, -0.05) is 23.7 Å². The Morgan fingerprint density at radius 1 is 1.07 bits per heavy atom. The number of rotatable bonds is 9. The van der Waals surface area contributed by atoms with Crippen LogP contribution in [0.4, 0.5) is 0 Å². The highest BCUT2D eigenvalue weighted by Gasteiger charge is 2.18. The lowest BCUT2D eigenvalue weighted by atomic mass is 10.2. The summed E-state index contributed by atoms with van der Waals surface area (Å²) >= 11 is 6.11. The van der Waals surface area contributed by atoms with Gasteiger partial charge in [-0.3, -0.25) is 4.79 Å². The molecule has 0 aliphatic carbocycles. The van der Waals surface area contributed by atoms with Crippen molar-refractivity contribution in [3.63, 3.8) is 0 Å². The molecule has 0 aliphatic heterocycles. The molecule has 0 bridgehead atoms. The minimum Gasteiger partial charge on any atom is -0.497 e. The van der Waals surface area contributed by atoms with Crippen LogP contribution in [0.3, 0.4) is 0 Å². The van der Waals surface area contributed by atoms with Gasteiger partial charge in [0.05, 0.1) is 20.3 Å². The topological polar surface area (TPSA) is 43.7 Å². The van der Waals surface area contributed by atoms with Crippen LogP contribution in [0.1, 0.15) is 21.6 Å². The summed E-state index contributed by atoms with van der Waals surface area (Å²) < 4.78 is 12.5. The van der Waals surface area contributed by atoms with Crippen LogP contribution in [-0.2, 0) is 17.8 Å². The van der Waals surface area contributed by atoms with E-state index in [1.54, 1.807) is 43.4 Å². The van der Waals surface area contributed by atoms with Gasteiger partial charge in [-0.25, -0.2) is 0 Å². The van der Waals surface area contributed by atoms with Gasteiger partial charge >= 0.3 is 0 Å². The van der Waals surface area contributed by atoms with Crippen molar-refractivity contribution >= 4 is 17.5 Å². The van der Waals surface area contributed by atoms with E-state index in [-0.39, 0.29) is 5.91 Å². The quantitative estimate of drug-likeness (QED) is 0.520. The Morgan fingerprint density at radius 3 is 2.55 bits per heavy atom. The Kier molecular flexibility index (Phi) is 7.33. The van der Waals surface area contributed by atoms with Crippen molar-refractivity contribution in [2.75, 3.05) is 27.4 Å². The molecular formula is C23H25ClN2O3. The minimum absolute atomic E-state index is 0.0415. The van der Waals surface area contributed by atoms with Crippen molar-refractivity contribution in [2.24, 2.45) is 0 Å². The van der Waals surface area contributed by atoms with E-state index in [1.807, 2.05) is 42.6 Å². The normalized spacial score (nSPS) is 10.7. The maximum absolute atomic E-state index is 13.1. The molecule has 2 aromatic carbocycles. The lowest BCUT2D eigenvalue weighted by Gasteiger charge is -2.23. The van der Waals surface area contributed by atoms with E-state index >= 15 is 0 Å². The number of aromatic nitrogens is 1. The van der Waals surface area contributed by atoms with Crippen molar-refractivity contribution < 1.29 is 14.3 Å². The van der Waals surface area contributed by atoms with Gasteiger partial charge in [0, 0.05) is 42.7 Å². The molecule has 6 heteroatoms. The molecule has 0 fully saturated rings. The fraction of sp³-hybridized carbons (Fsp3) is 0.261. The summed E-state index contributed by atoms with van der Waals surface area (Å²) in [6.07, 6.45) is 2.02. The van der Waals surface area contributed by atoms with Crippen molar-refractivity contribution in [1.29, 1.82) is 0 Å². The van der Waals surface area contributed by atoms with Gasteiger partial charge in [-0.2, -0.15) is 0 Å². The number of hydrogen-bond acceptors (Lipinski definition) is 3. The van der Waals surface area contributed by atoms with Crippen LogP contribution in [0, 0.1) is 0 Å². The Balaban J connectivity index is 1.78. The van der Waals surface area contributed by atoms with Gasteiger partial charge in [0.2, 0.25) is 0 Å². The zero-order chi connectivity index (χ0) is 20.6. The van der Waals surface area contributed by atoms with Gasteiger partial charge in [-0.15, -0.1) is 0 Å². The molecule has 0 N–H and O–H groups in total. The summed E-state index contributed by atoms with van der Waals surface area (Å²) in [6, 6.07) is 19.0. The summed E-state index contributed by atoms with van der Waals surface area (Å²) in [5.41, 5.74) is 2.78. The largest absolute Gasteiger partial charge is 0.497 e. The lowest BCUT2D eigenvalue weighted by molar-refractivity contribution is 0.0676. The van der Waals surface area contributed by atoms with Crippen LogP contribution in [0.5, 0.6) is 5.75 Å². The number of ether oxygens (including phenoxy) is 2. The first-order chi connectivity index (χ1) is 14.1. The van der Waals surface area contributed by atoms with Gasteiger partial charge in [-0.05, 0) is 54.1 Å². The van der Waals surface area contributed by atoms with Crippen LogP contribution in [0.2, 0.25) is 5.02 Å². The van der Waals surface area contributed by atoms with E-state index in [4.69, 9.17) is 21.1 Å². The number of methoxy groups -OCH3 is 2. The molecule has 0 saturated heterocycles. The third kappa shape index (κ3) is 5.62. The monoisotopic (exact) mass is 412 g/mol. The predicted octanol–water partition coefficient (Wildman–Crippen LogP) is 4.49. The maximum Gasteiger partial charge on any atom is 0.254 e. The molecule has 5 nitrogen and oxygen atoms in total. The highest BCUT2D eigenvalue weighted by molar-refractivity contribution is 6.30. The van der Waals surface area contributed by atoms with Gasteiger partial charge in [0.1, 0.15) is 5.75 Å². The first kappa shape index (κ1) is 21.0. The number of amides is 1. The summed E-state index contributed by atoms with van der Waals surface area (Å²) in [6.45, 7) is 2.15. The van der Waals surface area contributed by atoms with Gasteiger partial charge < -0.3 is 18.9 Å². The smallest absolute Gasteiger partial charge is 0.254 e. The zero-order valence-corrected chi connectivity index (χ0v) is 17.4. The van der Waals surface area contributed by atoms with E-state index in [0.29, 0.717) is 36.8 Å². The molecule has 1 heterocycles. The molecule has 0 radical (unpaired) electrons. The van der Waals surface area contributed by atoms with Gasteiger partial charge in [0.15, 0.2) is 0 Å². The Morgan fingerprint density at radius 2 is 1.86 bits per heavy atom. The van der Waals surface area contributed by atoms with E-state index in [0.717, 1.165) is 17.0 Å². The van der Waals surface area contributed by atoms with E-state index < -0.39 is 0 Å². The number of hydrogen-bond donors (Lipinski definition) is 0. The molecule has 0 spiro atoms. The molecule has 3 aromatic rings. The van der Waals surface area contributed by atoms with E-state index in [1.165, 1.54) is 0 Å². The number of halogens is 1. The maximum atomic E-state index is 13.1. The molecule has 0 unspecified atom stereocenters. The number of benzene rings is 2. The molecule has 29 heavy (non-hydrogen) atoms. The van der Waals surface area contributed by atoms with Crippen LogP contribution < -0.4 is 4.74 Å². The Bertz CT molecular complexity index is 937. The molecular weight excluding hydrogens is 388 g/mol. The third-order valence-electron chi connectivity index (χ3n) is 4.71. The fourth-order valence-corrected chi connectivity index (χ4v) is 3.36. The van der Waals surface area contributed by atoms with Gasteiger partial charge in [0.25, 0.3) is 5.91 Å². The summed E-state index contributed by atoms with van der Waals surface area (Å²) in [7, 11) is 3.24. The Labute approximate surface area is 176 Å². The van der Waals surface area contributed by atoms with Crippen molar-refractivity contribution in [1.82, 2.24) is 9.47 Å². The highest BCUT2D eigenvalue weighted by atomic mass is 35.5. The minimum atomic E-state index is -0.0415. The number of nitrogens with zero attached hydrogens (tertiary/aromatic N) is 2. The summed E-state index contributed by atoms with van der Waals surface area (Å²) in [5, 5.41) is 0.715. The first-order valence-corrected chi connectivity index (χ1v) is 9.79. The number of carbonyl (C=O) groups excluding carboxylic acids is 1. The molecule has 3 rings (SSSR count). The summed E-state index contributed by atoms with van der Waals surface area (Å²) in [5.74, 6) is 0.681. The van der Waals surface area contributed by atoms with E-state index in [2.05, 4.69) is 4.57 Å². The molecule has 1 amide bonds. The second-order valence-electron chi connectivity index (χ2n) is 6.71. The third-order valence-corrected chi connectivity index (χ3v) is 4.94. The zero-order valence-electron chi connectivity index (χ0n) is 16.7. The SMILES string of the molecule is COCCN(Cc1cccn1Cc1cccc(Cl)c1)C(=O)c1ccc(OC)cc1. The molecule has 0 saturated carbocycles. The van der Waals surface area contributed by atoms with Crippen molar-refractivity contribution in [3.05, 3.63) is 88.7 Å².